The minimum absolute atomic E-state index is 0.103. The number of nitro benzene ring substituents is 1. The third-order valence-corrected chi connectivity index (χ3v) is 3.58. The number of non-ortho nitro benzene ring substituents is 1. The summed E-state index contributed by atoms with van der Waals surface area (Å²) in [6.07, 6.45) is 0.618. The molecule has 0 bridgehead atoms. The molecule has 0 aromatic heterocycles. The van der Waals surface area contributed by atoms with Crippen LogP contribution in [-0.4, -0.2) is 17.9 Å². The van der Waals surface area contributed by atoms with E-state index in [1.807, 2.05) is 37.3 Å². The molecular formula is C17H18N2O4. The van der Waals surface area contributed by atoms with Gasteiger partial charge in [0.1, 0.15) is 5.75 Å². The van der Waals surface area contributed by atoms with Gasteiger partial charge in [-0.15, -0.1) is 0 Å². The van der Waals surface area contributed by atoms with E-state index in [1.54, 1.807) is 0 Å². The Morgan fingerprint density at radius 3 is 2.52 bits per heavy atom. The van der Waals surface area contributed by atoms with Crippen molar-refractivity contribution in [2.75, 3.05) is 12.4 Å². The molecular weight excluding hydrogens is 296 g/mol. The highest BCUT2D eigenvalue weighted by atomic mass is 16.6. The van der Waals surface area contributed by atoms with Crippen LogP contribution in [0.1, 0.15) is 24.8 Å². The highest BCUT2D eigenvalue weighted by Crippen LogP contribution is 2.30. The Kier molecular flexibility index (Phi) is 5.30. The van der Waals surface area contributed by atoms with Crippen molar-refractivity contribution >= 4 is 17.3 Å². The minimum Gasteiger partial charge on any atom is -0.495 e. The number of amides is 1. The Morgan fingerprint density at radius 1 is 1.26 bits per heavy atom. The number of nitrogens with zero attached hydrogens (tertiary/aromatic N) is 1. The molecule has 0 saturated heterocycles. The summed E-state index contributed by atoms with van der Waals surface area (Å²) in [7, 11) is 1.45. The number of nitro groups is 1. The fourth-order valence-electron chi connectivity index (χ4n) is 2.38. The first kappa shape index (κ1) is 16.5. The zero-order chi connectivity index (χ0) is 16.8. The van der Waals surface area contributed by atoms with Gasteiger partial charge in [0.25, 0.3) is 5.69 Å². The molecule has 6 nitrogen and oxygen atoms in total. The highest BCUT2D eigenvalue weighted by Gasteiger charge is 2.21. The molecule has 1 unspecified atom stereocenters. The smallest absolute Gasteiger partial charge is 0.271 e. The first-order chi connectivity index (χ1) is 11.1. The van der Waals surface area contributed by atoms with E-state index in [0.717, 1.165) is 5.56 Å². The van der Waals surface area contributed by atoms with Crippen molar-refractivity contribution in [2.45, 2.75) is 19.3 Å². The molecule has 120 valence electrons. The molecule has 6 heteroatoms. The van der Waals surface area contributed by atoms with E-state index in [0.29, 0.717) is 17.9 Å². The summed E-state index contributed by atoms with van der Waals surface area (Å²) in [6.45, 7) is 1.92. The van der Waals surface area contributed by atoms with Crippen LogP contribution in [0.3, 0.4) is 0 Å². The van der Waals surface area contributed by atoms with Crippen molar-refractivity contribution < 1.29 is 14.5 Å². The molecule has 0 aliphatic rings. The molecule has 2 rings (SSSR count). The Labute approximate surface area is 134 Å². The average Bonchev–Trinajstić information content (AvgIpc) is 2.56. The van der Waals surface area contributed by atoms with Crippen molar-refractivity contribution in [3.8, 4) is 5.75 Å². The van der Waals surface area contributed by atoms with Crippen LogP contribution in [0.25, 0.3) is 0 Å². The van der Waals surface area contributed by atoms with Crippen molar-refractivity contribution in [1.29, 1.82) is 0 Å². The van der Waals surface area contributed by atoms with Gasteiger partial charge in [-0.1, -0.05) is 37.3 Å². The van der Waals surface area contributed by atoms with Crippen LogP contribution in [0.5, 0.6) is 5.75 Å². The Balaban J connectivity index is 2.28. The summed E-state index contributed by atoms with van der Waals surface area (Å²) in [5, 5.41) is 13.6. The number of benzene rings is 2. The van der Waals surface area contributed by atoms with E-state index in [2.05, 4.69) is 5.32 Å². The fraction of sp³-hybridized carbons (Fsp3) is 0.235. The quantitative estimate of drug-likeness (QED) is 0.650. The van der Waals surface area contributed by atoms with Gasteiger partial charge < -0.3 is 10.1 Å². The van der Waals surface area contributed by atoms with Gasteiger partial charge in [0.05, 0.1) is 23.6 Å². The lowest BCUT2D eigenvalue weighted by molar-refractivity contribution is -0.384. The Bertz CT molecular complexity index is 701. The number of carbonyl (C=O) groups is 1. The van der Waals surface area contributed by atoms with Crippen molar-refractivity contribution in [3.63, 3.8) is 0 Å². The maximum Gasteiger partial charge on any atom is 0.271 e. The van der Waals surface area contributed by atoms with Crippen LogP contribution in [0.4, 0.5) is 11.4 Å². The van der Waals surface area contributed by atoms with E-state index in [4.69, 9.17) is 4.74 Å². The summed E-state index contributed by atoms with van der Waals surface area (Å²) in [5.74, 6) is -0.176. The van der Waals surface area contributed by atoms with Crippen LogP contribution in [-0.2, 0) is 4.79 Å². The average molecular weight is 314 g/mol. The molecule has 1 amide bonds. The molecule has 2 aromatic carbocycles. The predicted molar refractivity (Wildman–Crippen MR) is 87.8 cm³/mol. The van der Waals surface area contributed by atoms with Gasteiger partial charge in [-0.05, 0) is 18.1 Å². The van der Waals surface area contributed by atoms with Crippen LogP contribution >= 0.6 is 0 Å². The van der Waals surface area contributed by atoms with Gasteiger partial charge in [-0.2, -0.15) is 0 Å². The monoisotopic (exact) mass is 314 g/mol. The number of hydrogen-bond acceptors (Lipinski definition) is 4. The van der Waals surface area contributed by atoms with E-state index in [1.165, 1.54) is 25.3 Å². The Morgan fingerprint density at radius 2 is 1.96 bits per heavy atom. The summed E-state index contributed by atoms with van der Waals surface area (Å²) in [6, 6.07) is 13.5. The molecule has 0 aliphatic heterocycles. The highest BCUT2D eigenvalue weighted by molar-refractivity contribution is 5.97. The molecule has 2 aromatic rings. The molecule has 0 heterocycles. The molecule has 1 N–H and O–H groups in total. The number of methoxy groups -OCH3 is 1. The van der Waals surface area contributed by atoms with Crippen LogP contribution in [0.15, 0.2) is 48.5 Å². The number of anilines is 1. The standard InChI is InChI=1S/C17H18N2O4/c1-3-14(12-7-5-4-6-8-12)17(20)18-15-11-13(19(21)22)9-10-16(15)23-2/h4-11,14H,3H2,1-2H3,(H,18,20). The normalized spacial score (nSPS) is 11.6. The lowest BCUT2D eigenvalue weighted by Gasteiger charge is -2.16. The molecule has 0 spiro atoms. The molecule has 0 fully saturated rings. The molecule has 0 aliphatic carbocycles. The fourth-order valence-corrected chi connectivity index (χ4v) is 2.38. The van der Waals surface area contributed by atoms with E-state index in [-0.39, 0.29) is 17.5 Å². The second-order valence-corrected chi connectivity index (χ2v) is 5.00. The van der Waals surface area contributed by atoms with Gasteiger partial charge in [0.15, 0.2) is 0 Å². The van der Waals surface area contributed by atoms with Crippen molar-refractivity contribution in [1.82, 2.24) is 0 Å². The summed E-state index contributed by atoms with van der Waals surface area (Å²) < 4.78 is 5.16. The minimum atomic E-state index is -0.510. The zero-order valence-corrected chi connectivity index (χ0v) is 13.0. The molecule has 23 heavy (non-hydrogen) atoms. The molecule has 1 atom stereocenters. The van der Waals surface area contributed by atoms with E-state index < -0.39 is 4.92 Å². The number of nitrogens with one attached hydrogen (secondary N) is 1. The lowest BCUT2D eigenvalue weighted by atomic mass is 9.95. The van der Waals surface area contributed by atoms with Crippen LogP contribution < -0.4 is 10.1 Å². The molecule has 0 radical (unpaired) electrons. The van der Waals surface area contributed by atoms with Gasteiger partial charge in [-0.3, -0.25) is 14.9 Å². The van der Waals surface area contributed by atoms with Gasteiger partial charge in [0.2, 0.25) is 5.91 Å². The molecule has 0 saturated carbocycles. The van der Waals surface area contributed by atoms with Crippen LogP contribution in [0, 0.1) is 10.1 Å². The Hall–Kier alpha value is -2.89. The van der Waals surface area contributed by atoms with Crippen molar-refractivity contribution in [2.24, 2.45) is 0 Å². The lowest BCUT2D eigenvalue weighted by Crippen LogP contribution is -2.21. The first-order valence-electron chi connectivity index (χ1n) is 7.25. The van der Waals surface area contributed by atoms with Gasteiger partial charge in [-0.25, -0.2) is 0 Å². The number of ether oxygens (including phenoxy) is 1. The number of carbonyl (C=O) groups excluding carboxylic acids is 1. The summed E-state index contributed by atoms with van der Waals surface area (Å²) >= 11 is 0. The third kappa shape index (κ3) is 3.85. The van der Waals surface area contributed by atoms with E-state index >= 15 is 0 Å². The SMILES string of the molecule is CCC(C(=O)Nc1cc([N+](=O)[O-])ccc1OC)c1ccccc1. The third-order valence-electron chi connectivity index (χ3n) is 3.58. The maximum absolute atomic E-state index is 12.6. The summed E-state index contributed by atoms with van der Waals surface area (Å²) in [4.78, 5) is 22.9. The topological polar surface area (TPSA) is 81.5 Å². The first-order valence-corrected chi connectivity index (χ1v) is 7.25. The second kappa shape index (κ2) is 7.40. The number of hydrogen-bond donors (Lipinski definition) is 1. The van der Waals surface area contributed by atoms with Crippen molar-refractivity contribution in [3.05, 3.63) is 64.2 Å². The second-order valence-electron chi connectivity index (χ2n) is 5.00. The van der Waals surface area contributed by atoms with E-state index in [9.17, 15) is 14.9 Å². The van der Waals surface area contributed by atoms with Gasteiger partial charge in [0, 0.05) is 12.1 Å². The maximum atomic E-state index is 12.6. The van der Waals surface area contributed by atoms with Gasteiger partial charge >= 0.3 is 0 Å². The zero-order valence-electron chi connectivity index (χ0n) is 13.0. The number of rotatable bonds is 6. The largest absolute Gasteiger partial charge is 0.495 e. The predicted octanol–water partition coefficient (Wildman–Crippen LogP) is 3.74. The summed E-state index contributed by atoms with van der Waals surface area (Å²) in [5.41, 5.74) is 1.09. The van der Waals surface area contributed by atoms with Crippen LogP contribution in [0.2, 0.25) is 0 Å².